The smallest absolute Gasteiger partial charge is 0.127 e. The highest BCUT2D eigenvalue weighted by Gasteiger charge is 2.38. The molecule has 0 unspecified atom stereocenters. The highest BCUT2D eigenvalue weighted by Crippen LogP contribution is 2.47. The van der Waals surface area contributed by atoms with Gasteiger partial charge in [-0.3, -0.25) is 0 Å². The SMILES string of the molecule is Cc1ccc(Oc2ccc(C)cc2)cc1.Cc1ccc(Oc2ccc(C3(C)CC3)cc2)cc1. The molecule has 1 aliphatic rings. The Bertz CT molecular complexity index is 1110. The third kappa shape index (κ3) is 6.49. The van der Waals surface area contributed by atoms with E-state index in [1.165, 1.54) is 35.1 Å². The third-order valence-corrected chi connectivity index (χ3v) is 6.09. The zero-order valence-corrected chi connectivity index (χ0v) is 20.0. The molecule has 33 heavy (non-hydrogen) atoms. The second-order valence-electron chi connectivity index (χ2n) is 9.23. The van der Waals surface area contributed by atoms with Crippen molar-refractivity contribution in [1.82, 2.24) is 0 Å². The van der Waals surface area contributed by atoms with E-state index in [4.69, 9.17) is 9.47 Å². The van der Waals surface area contributed by atoms with Crippen molar-refractivity contribution in [2.24, 2.45) is 0 Å². The molecule has 0 spiro atoms. The standard InChI is InChI=1S/C17H18O.C14H14O/c1-13-3-7-15(8-4-13)18-16-9-5-14(6-10-16)17(2)11-12-17;1-11-3-7-13(8-4-11)15-14-9-5-12(2)6-10-14/h3-10H,11-12H2,1-2H3;3-10H,1-2H3. The summed E-state index contributed by atoms with van der Waals surface area (Å²) < 4.78 is 11.5. The molecule has 0 heterocycles. The van der Waals surface area contributed by atoms with Crippen LogP contribution in [0.25, 0.3) is 0 Å². The lowest BCUT2D eigenvalue weighted by Crippen LogP contribution is -1.98. The molecule has 1 fully saturated rings. The minimum Gasteiger partial charge on any atom is -0.457 e. The van der Waals surface area contributed by atoms with Gasteiger partial charge < -0.3 is 9.47 Å². The fraction of sp³-hybridized carbons (Fsp3) is 0.226. The molecule has 0 N–H and O–H groups in total. The molecule has 4 aromatic carbocycles. The molecule has 0 radical (unpaired) electrons. The summed E-state index contributed by atoms with van der Waals surface area (Å²) in [7, 11) is 0. The van der Waals surface area contributed by atoms with E-state index in [1.54, 1.807) is 0 Å². The molecular formula is C31H32O2. The largest absolute Gasteiger partial charge is 0.457 e. The quantitative estimate of drug-likeness (QED) is 0.311. The minimum absolute atomic E-state index is 0.433. The monoisotopic (exact) mass is 436 g/mol. The number of rotatable bonds is 5. The Kier molecular flexibility index (Phi) is 6.84. The molecule has 4 aromatic rings. The van der Waals surface area contributed by atoms with Gasteiger partial charge in [0.1, 0.15) is 23.0 Å². The number of aryl methyl sites for hydroxylation is 3. The molecule has 0 amide bonds. The van der Waals surface area contributed by atoms with Gasteiger partial charge in [0.25, 0.3) is 0 Å². The maximum Gasteiger partial charge on any atom is 0.127 e. The summed E-state index contributed by atoms with van der Waals surface area (Å²) in [5.41, 5.74) is 5.60. The predicted octanol–water partition coefficient (Wildman–Crippen LogP) is 8.93. The zero-order valence-electron chi connectivity index (χ0n) is 20.0. The molecule has 0 bridgehead atoms. The van der Waals surface area contributed by atoms with E-state index in [-0.39, 0.29) is 0 Å². The fourth-order valence-electron chi connectivity index (χ4n) is 3.49. The topological polar surface area (TPSA) is 18.5 Å². The Balaban J connectivity index is 0.000000160. The molecule has 2 heteroatoms. The van der Waals surface area contributed by atoms with Crippen molar-refractivity contribution in [3.63, 3.8) is 0 Å². The normalized spacial score (nSPS) is 13.5. The zero-order chi connectivity index (χ0) is 23.3. The van der Waals surface area contributed by atoms with Crippen LogP contribution in [0.15, 0.2) is 97.1 Å². The fourth-order valence-corrected chi connectivity index (χ4v) is 3.49. The average Bonchev–Trinajstić information content (AvgIpc) is 3.58. The summed E-state index contributed by atoms with van der Waals surface area (Å²) >= 11 is 0. The summed E-state index contributed by atoms with van der Waals surface area (Å²) in [5, 5.41) is 0. The summed E-state index contributed by atoms with van der Waals surface area (Å²) in [4.78, 5) is 0. The first-order chi connectivity index (χ1) is 15.9. The Morgan fingerprint density at radius 3 is 1.00 bits per heavy atom. The van der Waals surface area contributed by atoms with Crippen LogP contribution in [0.2, 0.25) is 0 Å². The van der Waals surface area contributed by atoms with Gasteiger partial charge in [0, 0.05) is 0 Å². The van der Waals surface area contributed by atoms with E-state index in [2.05, 4.69) is 64.1 Å². The van der Waals surface area contributed by atoms with E-state index in [9.17, 15) is 0 Å². The lowest BCUT2D eigenvalue weighted by molar-refractivity contribution is 0.482. The lowest BCUT2D eigenvalue weighted by Gasteiger charge is -2.10. The maximum absolute atomic E-state index is 5.82. The van der Waals surface area contributed by atoms with E-state index in [0.717, 1.165) is 23.0 Å². The Hall–Kier alpha value is -3.52. The van der Waals surface area contributed by atoms with Gasteiger partial charge in [0.15, 0.2) is 0 Å². The van der Waals surface area contributed by atoms with Crippen LogP contribution in [0.1, 0.15) is 42.0 Å². The van der Waals surface area contributed by atoms with Gasteiger partial charge in [0.05, 0.1) is 0 Å². The van der Waals surface area contributed by atoms with Gasteiger partial charge >= 0.3 is 0 Å². The van der Waals surface area contributed by atoms with Crippen molar-refractivity contribution in [3.8, 4) is 23.0 Å². The van der Waals surface area contributed by atoms with Gasteiger partial charge in [-0.25, -0.2) is 0 Å². The number of hydrogen-bond donors (Lipinski definition) is 0. The summed E-state index contributed by atoms with van der Waals surface area (Å²) in [6, 6.07) is 32.8. The van der Waals surface area contributed by atoms with Crippen LogP contribution in [0.4, 0.5) is 0 Å². The molecular weight excluding hydrogens is 404 g/mol. The van der Waals surface area contributed by atoms with E-state index in [1.807, 2.05) is 60.7 Å². The minimum atomic E-state index is 0.433. The van der Waals surface area contributed by atoms with Gasteiger partial charge in [-0.1, -0.05) is 72.1 Å². The lowest BCUT2D eigenvalue weighted by atomic mass is 9.99. The Morgan fingerprint density at radius 1 is 0.455 bits per heavy atom. The molecule has 0 aliphatic heterocycles. The van der Waals surface area contributed by atoms with Gasteiger partial charge in [-0.15, -0.1) is 0 Å². The van der Waals surface area contributed by atoms with Crippen molar-refractivity contribution in [1.29, 1.82) is 0 Å². The van der Waals surface area contributed by atoms with Gasteiger partial charge in [-0.05, 0) is 93.1 Å². The van der Waals surface area contributed by atoms with Crippen molar-refractivity contribution >= 4 is 0 Å². The Labute approximate surface area is 197 Å². The molecule has 0 saturated heterocycles. The second-order valence-corrected chi connectivity index (χ2v) is 9.23. The van der Waals surface area contributed by atoms with Gasteiger partial charge in [-0.2, -0.15) is 0 Å². The summed E-state index contributed by atoms with van der Waals surface area (Å²) in [5.74, 6) is 3.56. The van der Waals surface area contributed by atoms with Crippen LogP contribution in [0.5, 0.6) is 23.0 Å². The van der Waals surface area contributed by atoms with E-state index in [0.29, 0.717) is 5.41 Å². The number of ether oxygens (including phenoxy) is 2. The second kappa shape index (κ2) is 9.95. The molecule has 1 aliphatic carbocycles. The van der Waals surface area contributed by atoms with Crippen molar-refractivity contribution < 1.29 is 9.47 Å². The molecule has 0 atom stereocenters. The van der Waals surface area contributed by atoms with E-state index >= 15 is 0 Å². The van der Waals surface area contributed by atoms with Crippen molar-refractivity contribution in [3.05, 3.63) is 119 Å². The summed E-state index contributed by atoms with van der Waals surface area (Å²) in [6.45, 7) is 8.53. The van der Waals surface area contributed by atoms with Crippen molar-refractivity contribution in [2.75, 3.05) is 0 Å². The van der Waals surface area contributed by atoms with Crippen LogP contribution in [0.3, 0.4) is 0 Å². The van der Waals surface area contributed by atoms with Crippen LogP contribution in [-0.2, 0) is 5.41 Å². The number of hydrogen-bond acceptors (Lipinski definition) is 2. The van der Waals surface area contributed by atoms with Gasteiger partial charge in [0.2, 0.25) is 0 Å². The van der Waals surface area contributed by atoms with Crippen LogP contribution in [-0.4, -0.2) is 0 Å². The average molecular weight is 437 g/mol. The predicted molar refractivity (Wildman–Crippen MR) is 137 cm³/mol. The highest BCUT2D eigenvalue weighted by atomic mass is 16.5. The van der Waals surface area contributed by atoms with Crippen molar-refractivity contribution in [2.45, 2.75) is 46.0 Å². The number of benzene rings is 4. The maximum atomic E-state index is 5.82. The molecule has 1 saturated carbocycles. The highest BCUT2D eigenvalue weighted by molar-refractivity contribution is 5.38. The third-order valence-electron chi connectivity index (χ3n) is 6.09. The van der Waals surface area contributed by atoms with Crippen LogP contribution >= 0.6 is 0 Å². The first-order valence-corrected chi connectivity index (χ1v) is 11.6. The molecule has 5 rings (SSSR count). The molecule has 0 aromatic heterocycles. The molecule has 2 nitrogen and oxygen atoms in total. The molecule has 168 valence electrons. The van der Waals surface area contributed by atoms with Crippen LogP contribution in [0, 0.1) is 20.8 Å². The van der Waals surface area contributed by atoms with Crippen LogP contribution < -0.4 is 9.47 Å². The summed E-state index contributed by atoms with van der Waals surface area (Å²) in [6.07, 6.45) is 2.62. The van der Waals surface area contributed by atoms with E-state index < -0.39 is 0 Å². The Morgan fingerprint density at radius 2 is 0.727 bits per heavy atom. The first-order valence-electron chi connectivity index (χ1n) is 11.6. The first kappa shape index (κ1) is 22.7.